The molecular weight excluding hydrogens is 384 g/mol. The van der Waals surface area contributed by atoms with Crippen LogP contribution in [0.15, 0.2) is 53.3 Å². The van der Waals surface area contributed by atoms with Crippen LogP contribution in [0.2, 0.25) is 0 Å². The van der Waals surface area contributed by atoms with Crippen molar-refractivity contribution in [2.24, 2.45) is 0 Å². The third-order valence-electron chi connectivity index (χ3n) is 5.00. The zero-order valence-electron chi connectivity index (χ0n) is 16.7. The van der Waals surface area contributed by atoms with E-state index < -0.39 is 17.4 Å². The number of pyridine rings is 1. The van der Waals surface area contributed by atoms with Crippen LogP contribution in [-0.2, 0) is 6.54 Å². The van der Waals surface area contributed by atoms with Crippen molar-refractivity contribution < 1.29 is 19.8 Å². The number of nitrogens with one attached hydrogen (secondary N) is 1. The number of aryl methyl sites for hydroxylation is 1. The lowest BCUT2D eigenvalue weighted by molar-refractivity contribution is 0.0696. The van der Waals surface area contributed by atoms with Crippen molar-refractivity contribution in [2.75, 3.05) is 5.32 Å². The molecule has 0 saturated carbocycles. The Hall–Kier alpha value is -3.61. The monoisotopic (exact) mass is 408 g/mol. The lowest BCUT2D eigenvalue weighted by Gasteiger charge is -2.15. The Morgan fingerprint density at radius 1 is 1.00 bits per heavy atom. The quantitative estimate of drug-likeness (QED) is 0.483. The van der Waals surface area contributed by atoms with Crippen LogP contribution in [0, 0.1) is 0 Å². The summed E-state index contributed by atoms with van der Waals surface area (Å²) in [5.74, 6) is -2.18. The maximum atomic E-state index is 13.1. The molecular formula is C23H24N2O5. The Balaban J connectivity index is 1.98. The van der Waals surface area contributed by atoms with E-state index in [2.05, 4.69) is 12.2 Å². The van der Waals surface area contributed by atoms with Gasteiger partial charge in [-0.2, -0.15) is 0 Å². The van der Waals surface area contributed by atoms with Gasteiger partial charge >= 0.3 is 5.97 Å². The first kappa shape index (κ1) is 21.1. The molecule has 30 heavy (non-hydrogen) atoms. The molecule has 0 bridgehead atoms. The van der Waals surface area contributed by atoms with Crippen molar-refractivity contribution in [2.45, 2.75) is 39.2 Å². The van der Waals surface area contributed by atoms with Gasteiger partial charge in [0.1, 0.15) is 11.3 Å². The number of carboxylic acid groups (broad SMARTS) is 1. The van der Waals surface area contributed by atoms with Crippen LogP contribution >= 0.6 is 0 Å². The molecule has 0 aliphatic rings. The fraction of sp³-hybridized carbons (Fsp3) is 0.261. The van der Waals surface area contributed by atoms with Crippen molar-refractivity contribution in [3.05, 3.63) is 70.0 Å². The highest BCUT2D eigenvalue weighted by molar-refractivity contribution is 6.09. The van der Waals surface area contributed by atoms with E-state index in [4.69, 9.17) is 5.11 Å². The highest BCUT2D eigenvalue weighted by Gasteiger charge is 2.22. The van der Waals surface area contributed by atoms with Crippen molar-refractivity contribution in [3.63, 3.8) is 0 Å². The number of carbonyl (C=O) groups excluding carboxylic acids is 1. The minimum atomic E-state index is -1.08. The summed E-state index contributed by atoms with van der Waals surface area (Å²) in [5.41, 5.74) is 0.107. The molecule has 0 saturated heterocycles. The van der Waals surface area contributed by atoms with Gasteiger partial charge in [-0.15, -0.1) is 0 Å². The molecule has 0 atom stereocenters. The minimum absolute atomic E-state index is 0.0796. The number of carbonyl (C=O) groups is 2. The smallest absolute Gasteiger partial charge is 0.335 e. The summed E-state index contributed by atoms with van der Waals surface area (Å²) in [4.78, 5) is 36.9. The Morgan fingerprint density at radius 3 is 2.37 bits per heavy atom. The van der Waals surface area contributed by atoms with Crippen molar-refractivity contribution in [1.82, 2.24) is 4.57 Å². The van der Waals surface area contributed by atoms with E-state index in [9.17, 15) is 19.5 Å². The third-order valence-corrected chi connectivity index (χ3v) is 5.00. The Kier molecular flexibility index (Phi) is 6.51. The number of carboxylic acids is 1. The normalized spacial score (nSPS) is 10.8. The SMILES string of the molecule is CCCCCCn1c(=O)c(C(=O)Nc2ccc(C(=O)O)cc2)c(O)c2ccccc21. The van der Waals surface area contributed by atoms with Gasteiger partial charge in [-0.3, -0.25) is 9.59 Å². The van der Waals surface area contributed by atoms with Crippen LogP contribution in [0.4, 0.5) is 5.69 Å². The van der Waals surface area contributed by atoms with Gasteiger partial charge in [-0.25, -0.2) is 4.79 Å². The van der Waals surface area contributed by atoms with Gasteiger partial charge in [0.05, 0.1) is 11.1 Å². The molecule has 7 nitrogen and oxygen atoms in total. The fourth-order valence-electron chi connectivity index (χ4n) is 3.40. The van der Waals surface area contributed by atoms with Crippen molar-refractivity contribution >= 4 is 28.5 Å². The number of hydrogen-bond donors (Lipinski definition) is 3. The fourth-order valence-corrected chi connectivity index (χ4v) is 3.40. The van der Waals surface area contributed by atoms with Crippen LogP contribution in [0.5, 0.6) is 5.75 Å². The number of aromatic hydroxyl groups is 1. The van der Waals surface area contributed by atoms with Crippen LogP contribution in [0.1, 0.15) is 53.3 Å². The summed E-state index contributed by atoms with van der Waals surface area (Å²) >= 11 is 0. The van der Waals surface area contributed by atoms with E-state index in [1.807, 2.05) is 0 Å². The molecule has 0 aliphatic heterocycles. The highest BCUT2D eigenvalue weighted by Crippen LogP contribution is 2.27. The maximum absolute atomic E-state index is 13.1. The van der Waals surface area contributed by atoms with Crippen LogP contribution < -0.4 is 10.9 Å². The Bertz CT molecular complexity index is 1130. The zero-order valence-corrected chi connectivity index (χ0v) is 16.7. The lowest BCUT2D eigenvalue weighted by Crippen LogP contribution is -2.30. The molecule has 0 fully saturated rings. The third kappa shape index (κ3) is 4.35. The second kappa shape index (κ2) is 9.26. The van der Waals surface area contributed by atoms with Gasteiger partial charge in [-0.05, 0) is 42.8 Å². The van der Waals surface area contributed by atoms with Gasteiger partial charge in [0.15, 0.2) is 0 Å². The van der Waals surface area contributed by atoms with Gasteiger partial charge in [0, 0.05) is 17.6 Å². The van der Waals surface area contributed by atoms with Crippen LogP contribution in [-0.4, -0.2) is 26.7 Å². The average molecular weight is 408 g/mol. The first-order chi connectivity index (χ1) is 14.4. The summed E-state index contributed by atoms with van der Waals surface area (Å²) < 4.78 is 1.53. The van der Waals surface area contributed by atoms with E-state index in [-0.39, 0.29) is 16.9 Å². The second-order valence-electron chi connectivity index (χ2n) is 7.09. The zero-order chi connectivity index (χ0) is 21.7. The van der Waals surface area contributed by atoms with E-state index in [0.29, 0.717) is 23.1 Å². The predicted octanol–water partition coefficient (Wildman–Crippen LogP) is 4.24. The molecule has 3 rings (SSSR count). The summed E-state index contributed by atoms with van der Waals surface area (Å²) in [6.07, 6.45) is 3.89. The van der Waals surface area contributed by atoms with Gasteiger partial charge in [-0.1, -0.05) is 38.3 Å². The summed E-state index contributed by atoms with van der Waals surface area (Å²) in [6.45, 7) is 2.56. The second-order valence-corrected chi connectivity index (χ2v) is 7.09. The molecule has 156 valence electrons. The number of hydrogen-bond acceptors (Lipinski definition) is 4. The number of benzene rings is 2. The molecule has 7 heteroatoms. The van der Waals surface area contributed by atoms with E-state index in [1.165, 1.54) is 28.8 Å². The van der Waals surface area contributed by atoms with Gasteiger partial charge < -0.3 is 20.1 Å². The van der Waals surface area contributed by atoms with Gasteiger partial charge in [0.2, 0.25) is 0 Å². The minimum Gasteiger partial charge on any atom is -0.506 e. The van der Waals surface area contributed by atoms with E-state index in [0.717, 1.165) is 25.7 Å². The summed E-state index contributed by atoms with van der Waals surface area (Å²) in [7, 11) is 0. The number of anilines is 1. The van der Waals surface area contributed by atoms with E-state index >= 15 is 0 Å². The molecule has 3 aromatic rings. The molecule has 1 heterocycles. The summed E-state index contributed by atoms with van der Waals surface area (Å²) in [6, 6.07) is 12.5. The van der Waals surface area contributed by atoms with Crippen molar-refractivity contribution in [3.8, 4) is 5.75 Å². The standard InChI is InChI=1S/C23H24N2O5/c1-2-3-4-7-14-25-18-9-6-5-8-17(18)20(26)19(22(25)28)21(27)24-16-12-10-15(11-13-16)23(29)30/h5-6,8-13,26H,2-4,7,14H2,1H3,(H,24,27)(H,29,30). The van der Waals surface area contributed by atoms with Gasteiger partial charge in [0.25, 0.3) is 11.5 Å². The molecule has 0 aliphatic carbocycles. The average Bonchev–Trinajstić information content (AvgIpc) is 2.73. The molecule has 1 aromatic heterocycles. The first-order valence-corrected chi connectivity index (χ1v) is 9.93. The lowest BCUT2D eigenvalue weighted by atomic mass is 10.1. The molecule has 2 aromatic carbocycles. The largest absolute Gasteiger partial charge is 0.506 e. The molecule has 0 spiro atoms. The topological polar surface area (TPSA) is 109 Å². The summed E-state index contributed by atoms with van der Waals surface area (Å²) in [5, 5.41) is 22.7. The highest BCUT2D eigenvalue weighted by atomic mass is 16.4. The number of aromatic carboxylic acids is 1. The number of nitrogens with zero attached hydrogens (tertiary/aromatic N) is 1. The molecule has 0 unspecified atom stereocenters. The van der Waals surface area contributed by atoms with Crippen molar-refractivity contribution in [1.29, 1.82) is 0 Å². The maximum Gasteiger partial charge on any atom is 0.335 e. The van der Waals surface area contributed by atoms with Crippen LogP contribution in [0.3, 0.4) is 0 Å². The number of unbranched alkanes of at least 4 members (excludes halogenated alkanes) is 3. The van der Waals surface area contributed by atoms with Crippen LogP contribution in [0.25, 0.3) is 10.9 Å². The number of rotatable bonds is 8. The predicted molar refractivity (Wildman–Crippen MR) is 115 cm³/mol. The number of aromatic nitrogens is 1. The Labute approximate surface area is 173 Å². The molecule has 3 N–H and O–H groups in total. The number of amides is 1. The number of fused-ring (bicyclic) bond motifs is 1. The Morgan fingerprint density at radius 2 is 1.70 bits per heavy atom. The van der Waals surface area contributed by atoms with E-state index in [1.54, 1.807) is 24.3 Å². The molecule has 0 radical (unpaired) electrons. The number of para-hydroxylation sites is 1. The first-order valence-electron chi connectivity index (χ1n) is 9.93. The molecule has 1 amide bonds.